The molecule has 0 aliphatic rings. The summed E-state index contributed by atoms with van der Waals surface area (Å²) in [6, 6.07) is 0. The van der Waals surface area contributed by atoms with Gasteiger partial charge in [0.25, 0.3) is 0 Å². The summed E-state index contributed by atoms with van der Waals surface area (Å²) in [6.07, 6.45) is 2.77. The van der Waals surface area contributed by atoms with Crippen LogP contribution in [-0.2, 0) is 23.8 Å². The molecule has 0 saturated carbocycles. The van der Waals surface area contributed by atoms with E-state index < -0.39 is 6.10 Å². The summed E-state index contributed by atoms with van der Waals surface area (Å²) in [6.45, 7) is 9.24. The lowest BCUT2D eigenvalue weighted by molar-refractivity contribution is -0.153. The molecule has 0 saturated heterocycles. The zero-order valence-electron chi connectivity index (χ0n) is 10.7. The summed E-state index contributed by atoms with van der Waals surface area (Å²) in [5.41, 5.74) is 0. The number of carbonyl (C=O) groups excluding carboxylic acids is 2. The maximum Gasteiger partial charge on any atom is 0.309 e. The van der Waals surface area contributed by atoms with Crippen LogP contribution in [0.3, 0.4) is 0 Å². The largest absolute Gasteiger partial charge is 0.463 e. The van der Waals surface area contributed by atoms with Crippen LogP contribution in [0.1, 0.15) is 19.8 Å². The Morgan fingerprint density at radius 2 is 1.50 bits per heavy atom. The minimum atomic E-state index is -0.447. The summed E-state index contributed by atoms with van der Waals surface area (Å²) in [7, 11) is 0. The molecule has 0 N–H and O–H groups in total. The molecule has 0 fully saturated rings. The monoisotopic (exact) mass is 256 g/mol. The number of ether oxygens (including phenoxy) is 3. The molecule has 102 valence electrons. The fourth-order valence-corrected chi connectivity index (χ4v) is 1.11. The second-order valence-corrected chi connectivity index (χ2v) is 3.43. The summed E-state index contributed by atoms with van der Waals surface area (Å²) in [5, 5.41) is 0. The summed E-state index contributed by atoms with van der Waals surface area (Å²) < 4.78 is 15.2. The van der Waals surface area contributed by atoms with Gasteiger partial charge in [-0.2, -0.15) is 0 Å². The van der Waals surface area contributed by atoms with Gasteiger partial charge in [-0.25, -0.2) is 0 Å². The topological polar surface area (TPSA) is 61.8 Å². The normalized spacial score (nSPS) is 9.89. The van der Waals surface area contributed by atoms with Crippen molar-refractivity contribution in [2.75, 3.05) is 19.8 Å². The van der Waals surface area contributed by atoms with Crippen LogP contribution in [0.25, 0.3) is 0 Å². The van der Waals surface area contributed by atoms with Crippen molar-refractivity contribution in [1.29, 1.82) is 0 Å². The van der Waals surface area contributed by atoms with Crippen LogP contribution < -0.4 is 0 Å². The van der Waals surface area contributed by atoms with Crippen molar-refractivity contribution in [1.82, 2.24) is 0 Å². The van der Waals surface area contributed by atoms with Gasteiger partial charge in [0.05, 0.1) is 12.8 Å². The standard InChI is InChI=1S/C13H20O5/c1-4-7-12(14)17-9-11(16-6-3)10-18-13(15)8-5-2/h4-5,11H,1-2,6-10H2,3H3. The molecule has 0 aromatic rings. The van der Waals surface area contributed by atoms with Crippen LogP contribution in [0.15, 0.2) is 25.3 Å². The van der Waals surface area contributed by atoms with E-state index in [0.29, 0.717) is 6.61 Å². The molecule has 0 spiro atoms. The third-order valence-corrected chi connectivity index (χ3v) is 1.88. The van der Waals surface area contributed by atoms with E-state index in [2.05, 4.69) is 13.2 Å². The highest BCUT2D eigenvalue weighted by Crippen LogP contribution is 1.99. The van der Waals surface area contributed by atoms with Gasteiger partial charge in [-0.05, 0) is 6.92 Å². The van der Waals surface area contributed by atoms with Crippen molar-refractivity contribution in [3.8, 4) is 0 Å². The van der Waals surface area contributed by atoms with Crippen molar-refractivity contribution < 1.29 is 23.8 Å². The number of esters is 2. The van der Waals surface area contributed by atoms with Crippen LogP contribution >= 0.6 is 0 Å². The summed E-state index contributed by atoms with van der Waals surface area (Å²) in [4.78, 5) is 22.2. The Kier molecular flexibility index (Phi) is 9.58. The fraction of sp³-hybridized carbons (Fsp3) is 0.538. The molecule has 0 aliphatic heterocycles. The molecule has 0 bridgehead atoms. The molecule has 18 heavy (non-hydrogen) atoms. The summed E-state index contributed by atoms with van der Waals surface area (Å²) >= 11 is 0. The predicted octanol–water partition coefficient (Wildman–Crippen LogP) is 1.63. The maximum atomic E-state index is 11.1. The van der Waals surface area contributed by atoms with E-state index in [1.807, 2.05) is 6.92 Å². The number of hydrogen-bond acceptors (Lipinski definition) is 5. The molecular weight excluding hydrogens is 236 g/mol. The van der Waals surface area contributed by atoms with Crippen LogP contribution in [0.4, 0.5) is 0 Å². The molecule has 0 aromatic heterocycles. The third kappa shape index (κ3) is 8.52. The van der Waals surface area contributed by atoms with Gasteiger partial charge >= 0.3 is 11.9 Å². The van der Waals surface area contributed by atoms with Gasteiger partial charge in [0.2, 0.25) is 0 Å². The molecular formula is C13H20O5. The lowest BCUT2D eigenvalue weighted by Gasteiger charge is -2.16. The molecule has 0 atom stereocenters. The Bertz CT molecular complexity index is 259. The van der Waals surface area contributed by atoms with Crippen molar-refractivity contribution in [3.05, 3.63) is 25.3 Å². The van der Waals surface area contributed by atoms with Gasteiger partial charge in [-0.1, -0.05) is 12.2 Å². The van der Waals surface area contributed by atoms with Crippen molar-refractivity contribution in [2.45, 2.75) is 25.9 Å². The zero-order valence-corrected chi connectivity index (χ0v) is 10.7. The van der Waals surface area contributed by atoms with Gasteiger partial charge < -0.3 is 14.2 Å². The van der Waals surface area contributed by atoms with Crippen molar-refractivity contribution >= 4 is 11.9 Å². The highest BCUT2D eigenvalue weighted by Gasteiger charge is 2.14. The molecule has 0 radical (unpaired) electrons. The van der Waals surface area contributed by atoms with Gasteiger partial charge in [-0.3, -0.25) is 9.59 Å². The highest BCUT2D eigenvalue weighted by atomic mass is 16.6. The number of carbonyl (C=O) groups is 2. The molecule has 0 aromatic carbocycles. The van der Waals surface area contributed by atoms with E-state index in [-0.39, 0.29) is 38.0 Å². The molecule has 5 nitrogen and oxygen atoms in total. The minimum Gasteiger partial charge on any atom is -0.463 e. The molecule has 5 heteroatoms. The molecule has 0 heterocycles. The lowest BCUT2D eigenvalue weighted by Crippen LogP contribution is -2.28. The quantitative estimate of drug-likeness (QED) is 0.439. The van der Waals surface area contributed by atoms with Gasteiger partial charge in [0.1, 0.15) is 19.3 Å². The van der Waals surface area contributed by atoms with Gasteiger partial charge in [0.15, 0.2) is 0 Å². The number of rotatable bonds is 10. The van der Waals surface area contributed by atoms with Crippen LogP contribution in [0.5, 0.6) is 0 Å². The van der Waals surface area contributed by atoms with Crippen molar-refractivity contribution in [2.24, 2.45) is 0 Å². The summed E-state index contributed by atoms with van der Waals surface area (Å²) in [5.74, 6) is -0.765. The Morgan fingerprint density at radius 1 is 1.06 bits per heavy atom. The minimum absolute atomic E-state index is 0.0574. The molecule has 0 amide bonds. The van der Waals surface area contributed by atoms with Crippen LogP contribution in [0, 0.1) is 0 Å². The van der Waals surface area contributed by atoms with Crippen molar-refractivity contribution in [3.63, 3.8) is 0 Å². The Hall–Kier alpha value is -1.62. The number of hydrogen-bond donors (Lipinski definition) is 0. The first-order valence-electron chi connectivity index (χ1n) is 5.78. The fourth-order valence-electron chi connectivity index (χ4n) is 1.11. The Morgan fingerprint density at radius 3 is 1.83 bits per heavy atom. The first-order chi connectivity index (χ1) is 8.63. The second kappa shape index (κ2) is 10.5. The molecule has 0 unspecified atom stereocenters. The SMILES string of the molecule is C=CCC(=O)OCC(COC(=O)CC=C)OCC. The smallest absolute Gasteiger partial charge is 0.309 e. The Labute approximate surface area is 107 Å². The van der Waals surface area contributed by atoms with E-state index >= 15 is 0 Å². The van der Waals surface area contributed by atoms with E-state index in [1.165, 1.54) is 12.2 Å². The maximum absolute atomic E-state index is 11.1. The second-order valence-electron chi connectivity index (χ2n) is 3.43. The average molecular weight is 256 g/mol. The molecule has 0 rings (SSSR count). The zero-order chi connectivity index (χ0) is 13.8. The highest BCUT2D eigenvalue weighted by molar-refractivity contribution is 5.71. The van der Waals surface area contributed by atoms with E-state index in [1.54, 1.807) is 0 Å². The average Bonchev–Trinajstić information content (AvgIpc) is 2.33. The van der Waals surface area contributed by atoms with Gasteiger partial charge in [-0.15, -0.1) is 13.2 Å². The van der Waals surface area contributed by atoms with E-state index in [9.17, 15) is 9.59 Å². The first kappa shape index (κ1) is 16.4. The van der Waals surface area contributed by atoms with E-state index in [4.69, 9.17) is 14.2 Å². The van der Waals surface area contributed by atoms with E-state index in [0.717, 1.165) is 0 Å². The third-order valence-electron chi connectivity index (χ3n) is 1.88. The Balaban J connectivity index is 3.97. The first-order valence-corrected chi connectivity index (χ1v) is 5.78. The lowest BCUT2D eigenvalue weighted by atomic mass is 10.4. The van der Waals surface area contributed by atoms with Crippen LogP contribution in [0.2, 0.25) is 0 Å². The predicted molar refractivity (Wildman–Crippen MR) is 67.0 cm³/mol. The molecule has 0 aliphatic carbocycles. The van der Waals surface area contributed by atoms with Crippen LogP contribution in [-0.4, -0.2) is 37.9 Å². The van der Waals surface area contributed by atoms with Gasteiger partial charge in [0, 0.05) is 6.61 Å².